The van der Waals surface area contributed by atoms with Crippen molar-refractivity contribution in [3.05, 3.63) is 0 Å². The third-order valence-corrected chi connectivity index (χ3v) is 5.93. The van der Waals surface area contributed by atoms with Crippen molar-refractivity contribution in [2.45, 2.75) is 45.6 Å². The zero-order valence-corrected chi connectivity index (χ0v) is 14.1. The van der Waals surface area contributed by atoms with E-state index in [0.717, 1.165) is 25.9 Å². The average molecular weight is 320 g/mol. The van der Waals surface area contributed by atoms with Crippen molar-refractivity contribution in [1.29, 1.82) is 0 Å². The lowest BCUT2D eigenvalue weighted by atomic mass is 9.98. The van der Waals surface area contributed by atoms with Gasteiger partial charge in [-0.2, -0.15) is 4.31 Å². The van der Waals surface area contributed by atoms with Gasteiger partial charge in [0.05, 0.1) is 12.9 Å². The van der Waals surface area contributed by atoms with Crippen molar-refractivity contribution < 1.29 is 17.9 Å². The van der Waals surface area contributed by atoms with Crippen LogP contribution in [0.5, 0.6) is 0 Å². The molecule has 7 heteroatoms. The summed E-state index contributed by atoms with van der Waals surface area (Å²) in [5, 5.41) is 3.29. The average Bonchev–Trinajstić information content (AvgIpc) is 2.45. The maximum Gasteiger partial charge on any atom is 0.305 e. The van der Waals surface area contributed by atoms with Crippen molar-refractivity contribution >= 4 is 16.0 Å². The Bertz CT molecular complexity index is 417. The van der Waals surface area contributed by atoms with Gasteiger partial charge in [0.2, 0.25) is 10.0 Å². The highest BCUT2D eigenvalue weighted by Gasteiger charge is 2.28. The van der Waals surface area contributed by atoms with Gasteiger partial charge in [-0.15, -0.1) is 0 Å². The first kappa shape index (κ1) is 18.4. The third kappa shape index (κ3) is 6.32. The molecule has 1 aliphatic rings. The Morgan fingerprint density at radius 3 is 2.48 bits per heavy atom. The molecule has 0 radical (unpaired) electrons. The van der Waals surface area contributed by atoms with E-state index in [-0.39, 0.29) is 24.2 Å². The molecule has 21 heavy (non-hydrogen) atoms. The fourth-order valence-electron chi connectivity index (χ4n) is 2.58. The summed E-state index contributed by atoms with van der Waals surface area (Å²) in [4.78, 5) is 11.1. The van der Waals surface area contributed by atoms with E-state index in [1.807, 2.05) is 13.8 Å². The molecule has 1 N–H and O–H groups in total. The largest absolute Gasteiger partial charge is 0.469 e. The van der Waals surface area contributed by atoms with Gasteiger partial charge in [0.1, 0.15) is 0 Å². The number of rotatable bonds is 8. The SMILES string of the molecule is COC(=O)CCCS(=O)(=O)N(CC1CCNCC1)C(C)C. The quantitative estimate of drug-likeness (QED) is 0.675. The van der Waals surface area contributed by atoms with Crippen LogP contribution in [-0.2, 0) is 19.6 Å². The zero-order chi connectivity index (χ0) is 15.9. The molecule has 0 aromatic carbocycles. The molecule has 0 atom stereocenters. The number of ether oxygens (including phenoxy) is 1. The first-order chi connectivity index (χ1) is 9.86. The van der Waals surface area contributed by atoms with Crippen LogP contribution in [0.15, 0.2) is 0 Å². The van der Waals surface area contributed by atoms with E-state index < -0.39 is 10.0 Å². The molecule has 1 heterocycles. The Hall–Kier alpha value is -0.660. The number of hydrogen-bond donors (Lipinski definition) is 1. The van der Waals surface area contributed by atoms with Gasteiger partial charge in [-0.3, -0.25) is 4.79 Å². The molecule has 0 aromatic rings. The number of nitrogens with one attached hydrogen (secondary N) is 1. The molecule has 1 fully saturated rings. The van der Waals surface area contributed by atoms with Crippen LogP contribution in [-0.4, -0.2) is 57.2 Å². The van der Waals surface area contributed by atoms with Crippen molar-refractivity contribution in [2.75, 3.05) is 32.5 Å². The molecule has 1 aliphatic heterocycles. The van der Waals surface area contributed by atoms with Gasteiger partial charge >= 0.3 is 5.97 Å². The summed E-state index contributed by atoms with van der Waals surface area (Å²) in [6, 6.07) is -0.0528. The Labute approximate surface area is 128 Å². The number of carbonyl (C=O) groups is 1. The Morgan fingerprint density at radius 1 is 1.33 bits per heavy atom. The van der Waals surface area contributed by atoms with Crippen molar-refractivity contribution in [3.8, 4) is 0 Å². The van der Waals surface area contributed by atoms with Gasteiger partial charge in [0, 0.05) is 19.0 Å². The molecule has 1 rings (SSSR count). The number of methoxy groups -OCH3 is 1. The van der Waals surface area contributed by atoms with Crippen molar-refractivity contribution in [1.82, 2.24) is 9.62 Å². The normalized spacial score (nSPS) is 17.4. The lowest BCUT2D eigenvalue weighted by molar-refractivity contribution is -0.140. The van der Waals surface area contributed by atoms with Crippen LogP contribution in [0.25, 0.3) is 0 Å². The molecule has 0 bridgehead atoms. The molecule has 124 valence electrons. The monoisotopic (exact) mass is 320 g/mol. The minimum Gasteiger partial charge on any atom is -0.469 e. The number of piperidine rings is 1. The predicted octanol–water partition coefficient (Wildman–Crippen LogP) is 0.979. The van der Waals surface area contributed by atoms with Crippen LogP contribution >= 0.6 is 0 Å². The summed E-state index contributed by atoms with van der Waals surface area (Å²) in [7, 11) is -2.01. The maximum absolute atomic E-state index is 12.5. The fourth-order valence-corrected chi connectivity index (χ4v) is 4.41. The summed E-state index contributed by atoms with van der Waals surface area (Å²) in [6.07, 6.45) is 2.49. The van der Waals surface area contributed by atoms with Crippen LogP contribution in [0.1, 0.15) is 39.5 Å². The molecule has 0 amide bonds. The van der Waals surface area contributed by atoms with Crippen LogP contribution < -0.4 is 5.32 Å². The van der Waals surface area contributed by atoms with Crippen LogP contribution in [0.4, 0.5) is 0 Å². The molecule has 1 saturated heterocycles. The predicted molar refractivity (Wildman–Crippen MR) is 82.5 cm³/mol. The maximum atomic E-state index is 12.5. The lowest BCUT2D eigenvalue weighted by Crippen LogP contribution is -2.43. The topological polar surface area (TPSA) is 75.7 Å². The summed E-state index contributed by atoms with van der Waals surface area (Å²) in [6.45, 7) is 6.30. The molecule has 6 nitrogen and oxygen atoms in total. The molecule has 0 saturated carbocycles. The van der Waals surface area contributed by atoms with Crippen molar-refractivity contribution in [2.24, 2.45) is 5.92 Å². The number of hydrogen-bond acceptors (Lipinski definition) is 5. The van der Waals surface area contributed by atoms with Crippen LogP contribution in [0, 0.1) is 5.92 Å². The van der Waals surface area contributed by atoms with Crippen molar-refractivity contribution in [3.63, 3.8) is 0 Å². The van der Waals surface area contributed by atoms with Gasteiger partial charge in [-0.1, -0.05) is 0 Å². The standard InChI is InChI=1S/C14H28N2O4S/c1-12(2)16(11-13-6-8-15-9-7-13)21(18,19)10-4-5-14(17)20-3/h12-13,15H,4-11H2,1-3H3. The highest BCUT2D eigenvalue weighted by molar-refractivity contribution is 7.89. The molecular formula is C14H28N2O4S. The van der Waals surface area contributed by atoms with Gasteiger partial charge in [0.15, 0.2) is 0 Å². The van der Waals surface area contributed by atoms with E-state index in [1.54, 1.807) is 4.31 Å². The third-order valence-electron chi connectivity index (χ3n) is 3.84. The number of sulfonamides is 1. The molecule has 0 spiro atoms. The first-order valence-corrected chi connectivity index (χ1v) is 9.24. The minimum atomic E-state index is -3.32. The van der Waals surface area contributed by atoms with E-state index in [1.165, 1.54) is 7.11 Å². The summed E-state index contributed by atoms with van der Waals surface area (Å²) >= 11 is 0. The smallest absolute Gasteiger partial charge is 0.305 e. The fraction of sp³-hybridized carbons (Fsp3) is 0.929. The summed E-state index contributed by atoms with van der Waals surface area (Å²) in [5.41, 5.74) is 0. The van der Waals surface area contributed by atoms with Gasteiger partial charge < -0.3 is 10.1 Å². The second kappa shape index (κ2) is 8.70. The van der Waals surface area contributed by atoms with Gasteiger partial charge in [-0.05, 0) is 52.1 Å². The van der Waals surface area contributed by atoms with E-state index in [4.69, 9.17) is 0 Å². The lowest BCUT2D eigenvalue weighted by Gasteiger charge is -2.32. The highest BCUT2D eigenvalue weighted by atomic mass is 32.2. The zero-order valence-electron chi connectivity index (χ0n) is 13.3. The number of carbonyl (C=O) groups excluding carboxylic acids is 1. The molecule has 0 aromatic heterocycles. The minimum absolute atomic E-state index is 0.00521. The Balaban J connectivity index is 2.58. The van der Waals surface area contributed by atoms with E-state index >= 15 is 0 Å². The van der Waals surface area contributed by atoms with Crippen LogP contribution in [0.2, 0.25) is 0 Å². The van der Waals surface area contributed by atoms with E-state index in [9.17, 15) is 13.2 Å². The number of nitrogens with zero attached hydrogens (tertiary/aromatic N) is 1. The second-order valence-corrected chi connectivity index (χ2v) is 7.89. The van der Waals surface area contributed by atoms with E-state index in [0.29, 0.717) is 18.9 Å². The summed E-state index contributed by atoms with van der Waals surface area (Å²) < 4.78 is 31.1. The number of esters is 1. The van der Waals surface area contributed by atoms with Gasteiger partial charge in [0.25, 0.3) is 0 Å². The highest BCUT2D eigenvalue weighted by Crippen LogP contribution is 2.18. The van der Waals surface area contributed by atoms with Gasteiger partial charge in [-0.25, -0.2) is 8.42 Å². The van der Waals surface area contributed by atoms with E-state index in [2.05, 4.69) is 10.1 Å². The summed E-state index contributed by atoms with van der Waals surface area (Å²) in [5.74, 6) is 0.0642. The van der Waals surface area contributed by atoms with Crippen LogP contribution in [0.3, 0.4) is 0 Å². The second-order valence-electron chi connectivity index (χ2n) is 5.85. The Kier molecular flexibility index (Phi) is 7.62. The molecule has 0 aliphatic carbocycles. The Morgan fingerprint density at radius 2 is 1.95 bits per heavy atom. The first-order valence-electron chi connectivity index (χ1n) is 7.64. The molecule has 0 unspecified atom stereocenters. The molecular weight excluding hydrogens is 292 g/mol.